The summed E-state index contributed by atoms with van der Waals surface area (Å²) in [6, 6.07) is 0. The molecule has 0 aliphatic carbocycles. The van der Waals surface area contributed by atoms with Crippen LogP contribution in [0, 0.1) is 41.4 Å². The fourth-order valence-electron chi connectivity index (χ4n) is 11.3. The van der Waals surface area contributed by atoms with Gasteiger partial charge in [0.2, 0.25) is 5.79 Å². The number of aliphatic carboxylic acids is 1. The van der Waals surface area contributed by atoms with Gasteiger partial charge in [-0.05, 0) is 95.6 Å². The molecular weight excluding hydrogens is 834 g/mol. The molecule has 0 radical (unpaired) electrons. The average molecular weight is 908 g/mol. The van der Waals surface area contributed by atoms with Crippen LogP contribution in [-0.2, 0) is 33.3 Å². The van der Waals surface area contributed by atoms with Crippen molar-refractivity contribution in [3.05, 3.63) is 24.8 Å². The summed E-state index contributed by atoms with van der Waals surface area (Å²) >= 11 is 0. The second kappa shape index (κ2) is 21.1. The van der Waals surface area contributed by atoms with Gasteiger partial charge in [-0.25, -0.2) is 15.0 Å². The van der Waals surface area contributed by atoms with Gasteiger partial charge in [0.15, 0.2) is 17.3 Å². The van der Waals surface area contributed by atoms with Crippen LogP contribution in [0.25, 0.3) is 11.2 Å². The van der Waals surface area contributed by atoms with E-state index in [9.17, 15) is 30.0 Å². The van der Waals surface area contributed by atoms with Crippen molar-refractivity contribution in [2.45, 2.75) is 199 Å². The number of hydrogen-bond acceptors (Lipinski definition) is 15. The fraction of sp³-hybridized carbons (Fsp3) is 0.809. The monoisotopic (exact) mass is 908 g/mol. The van der Waals surface area contributed by atoms with Gasteiger partial charge in [0, 0.05) is 42.0 Å². The summed E-state index contributed by atoms with van der Waals surface area (Å²) in [5, 5.41) is 46.0. The number of nitrogens with zero attached hydrogens (tertiary/aromatic N) is 3. The molecule has 7 rings (SSSR count). The molecule has 18 atom stereocenters. The number of aliphatic hydroxyl groups excluding tert-OH is 2. The third-order valence-electron chi connectivity index (χ3n) is 15.7. The molecule has 4 saturated heterocycles. The van der Waals surface area contributed by atoms with Crippen molar-refractivity contribution >= 4 is 28.7 Å². The zero-order valence-corrected chi connectivity index (χ0v) is 42.0. The predicted octanol–water partition coefficient (Wildman–Crippen LogP) is 1.79. The Balaban J connectivity index is 0.000000610. The van der Waals surface area contributed by atoms with Crippen LogP contribution in [0.1, 0.15) is 133 Å². The van der Waals surface area contributed by atoms with Crippen LogP contribution < -0.4 is 40.4 Å². The number of carbonyl (C=O) groups is 2. The van der Waals surface area contributed by atoms with E-state index in [-0.39, 0.29) is 65.3 Å². The number of rotatable bonds is 12. The van der Waals surface area contributed by atoms with Crippen molar-refractivity contribution in [1.29, 1.82) is 0 Å². The van der Waals surface area contributed by atoms with Gasteiger partial charge in [-0.15, -0.1) is 0 Å². The average Bonchev–Trinajstić information content (AvgIpc) is 3.88. The van der Waals surface area contributed by atoms with Gasteiger partial charge < -0.3 is 59.6 Å². The Morgan fingerprint density at radius 1 is 0.953 bits per heavy atom. The zero-order chi connectivity index (χ0) is 46.2. The summed E-state index contributed by atoms with van der Waals surface area (Å²) in [6.45, 7) is 19.5. The van der Waals surface area contributed by atoms with Gasteiger partial charge in [-0.2, -0.15) is 0 Å². The van der Waals surface area contributed by atoms with Crippen molar-refractivity contribution in [3.8, 4) is 0 Å². The Labute approximate surface area is 400 Å². The van der Waals surface area contributed by atoms with Gasteiger partial charge in [-0.3, -0.25) is 4.79 Å². The van der Waals surface area contributed by atoms with Crippen molar-refractivity contribution in [1.82, 2.24) is 19.9 Å². The first-order valence-corrected chi connectivity index (χ1v) is 23.5. The molecular formula is C47H74N5NaO11. The van der Waals surface area contributed by atoms with Gasteiger partial charge in [0.05, 0.1) is 54.2 Å². The second-order valence-electron chi connectivity index (χ2n) is 19.8. The minimum atomic E-state index is -1.37. The number of Topliss-reactive ketones (excluding diaryl/α,β-unsaturated/α-hetero) is 1. The number of nitrogen functional groups attached to an aromatic ring is 1. The summed E-state index contributed by atoms with van der Waals surface area (Å²) < 4.78 is 33.4. The van der Waals surface area contributed by atoms with Crippen LogP contribution in [0.3, 0.4) is 0 Å². The van der Waals surface area contributed by atoms with Crippen LogP contribution in [0.2, 0.25) is 0 Å². The van der Waals surface area contributed by atoms with E-state index in [1.807, 2.05) is 41.5 Å². The first kappa shape index (κ1) is 52.9. The number of anilines is 1. The van der Waals surface area contributed by atoms with Gasteiger partial charge >= 0.3 is 29.6 Å². The normalized spacial score (nSPS) is 39.9. The number of carbonyl (C=O) groups excluding carboxylic acids is 2. The first-order valence-electron chi connectivity index (χ1n) is 23.5. The molecule has 4 fully saturated rings. The fourth-order valence-corrected chi connectivity index (χ4v) is 11.3. The topological polar surface area (TPSA) is 245 Å². The number of aliphatic hydroxyl groups is 3. The van der Waals surface area contributed by atoms with E-state index in [4.69, 9.17) is 29.4 Å². The number of fused-ring (bicyclic) bond motifs is 1. The Morgan fingerprint density at radius 3 is 2.28 bits per heavy atom. The molecule has 354 valence electrons. The largest absolute Gasteiger partial charge is 1.00 e. The van der Waals surface area contributed by atoms with Crippen LogP contribution in [0.4, 0.5) is 5.82 Å². The molecule has 5 aliphatic heterocycles. The maximum atomic E-state index is 14.4. The zero-order valence-electron chi connectivity index (χ0n) is 40.0. The summed E-state index contributed by atoms with van der Waals surface area (Å²) in [4.78, 5) is 40.6. The number of aromatic amines is 1. The number of nitrogens with two attached hydrogens (primary N) is 1. The number of ether oxygens (including phenoxy) is 5. The van der Waals surface area contributed by atoms with E-state index in [1.54, 1.807) is 19.1 Å². The van der Waals surface area contributed by atoms with Crippen LogP contribution in [0.5, 0.6) is 0 Å². The number of aromatic nitrogens is 4. The molecule has 16 nitrogen and oxygen atoms in total. The molecule has 0 amide bonds. The number of nitrogens with one attached hydrogen (secondary N) is 1. The molecule has 64 heavy (non-hydrogen) atoms. The Hall–Kier alpha value is -2.09. The molecule has 7 heterocycles. The van der Waals surface area contributed by atoms with E-state index in [0.717, 1.165) is 6.42 Å². The molecule has 6 N–H and O–H groups in total. The van der Waals surface area contributed by atoms with Crippen LogP contribution >= 0.6 is 0 Å². The predicted molar refractivity (Wildman–Crippen MR) is 232 cm³/mol. The summed E-state index contributed by atoms with van der Waals surface area (Å²) in [7, 11) is 0. The van der Waals surface area contributed by atoms with Crippen LogP contribution in [-0.4, -0.2) is 113 Å². The number of imidazole rings is 1. The minimum Gasteiger partial charge on any atom is -0.550 e. The standard InChI is InChI=1S/C42H70O11.C5H5N5.Na/c1-11-29(38(46)47)31-15-14-23(4)36(50-31)27(8)34(44)26(7)35(45)30(12-2)37-24(5)22-25(6)41(51-37)19-16-32(43)42(53-41)21-20-39(10,52-42)33-17-18-40(48,13-3)28(9)49-33;6-4-3-5(9-1-7-3)10-2-8-4;/h16,19,23-34,36-37,43-44,48H,11-15,17-18,20-22H2,1-10H3,(H,46,47);1-2H,(H3,6,7,8,9,10);/q;;+1/p-1. The van der Waals surface area contributed by atoms with Gasteiger partial charge in [0.1, 0.15) is 23.7 Å². The van der Waals surface area contributed by atoms with Crippen molar-refractivity contribution < 1.29 is 83.3 Å². The third-order valence-corrected chi connectivity index (χ3v) is 15.7. The molecule has 2 spiro atoms. The molecule has 0 saturated carbocycles. The molecule has 0 bridgehead atoms. The SMILES string of the molecule is CCC(C(=O)[O-])C1CCC(C)C(C(C)C(O)C(C)C(=O)C(CC)C2OC3(C=CC(O)C4(CCC(C)(C5CCC(O)(CC)C(C)O5)O4)O3)C(C)CC2C)O1.Nc1ncnc2nc[nH]c12.[Na+]. The second-order valence-corrected chi connectivity index (χ2v) is 19.8. The third kappa shape index (κ3) is 10.3. The summed E-state index contributed by atoms with van der Waals surface area (Å²) in [6.07, 6.45) is 8.14. The van der Waals surface area contributed by atoms with Crippen LogP contribution in [0.15, 0.2) is 24.8 Å². The number of H-pyrrole nitrogens is 1. The van der Waals surface area contributed by atoms with Crippen molar-refractivity contribution in [3.63, 3.8) is 0 Å². The van der Waals surface area contributed by atoms with Gasteiger partial charge in [-0.1, -0.05) is 55.4 Å². The van der Waals surface area contributed by atoms with E-state index < -0.39 is 82.9 Å². The maximum absolute atomic E-state index is 14.4. The van der Waals surface area contributed by atoms with E-state index in [2.05, 4.69) is 40.7 Å². The minimum absolute atomic E-state index is 0. The molecule has 2 aromatic rings. The first-order chi connectivity index (χ1) is 29.7. The molecule has 0 aromatic carbocycles. The molecule has 18 unspecified atom stereocenters. The molecule has 5 aliphatic rings. The Morgan fingerprint density at radius 2 is 1.66 bits per heavy atom. The number of ketones is 1. The van der Waals surface area contributed by atoms with E-state index >= 15 is 0 Å². The van der Waals surface area contributed by atoms with Gasteiger partial charge in [0.25, 0.3) is 0 Å². The number of carboxylic acids is 1. The summed E-state index contributed by atoms with van der Waals surface area (Å²) in [5.74, 6) is -5.80. The van der Waals surface area contributed by atoms with Crippen molar-refractivity contribution in [2.75, 3.05) is 5.73 Å². The Bertz CT molecular complexity index is 1920. The maximum Gasteiger partial charge on any atom is 1.00 e. The molecule has 17 heteroatoms. The summed E-state index contributed by atoms with van der Waals surface area (Å²) in [5.41, 5.74) is 5.14. The smallest absolute Gasteiger partial charge is 0.550 e. The van der Waals surface area contributed by atoms with Crippen molar-refractivity contribution in [2.24, 2.45) is 41.4 Å². The number of hydrogen-bond donors (Lipinski definition) is 5. The Kier molecular flexibility index (Phi) is 17.4. The number of carboxylic acid groups (broad SMARTS) is 1. The van der Waals surface area contributed by atoms with E-state index in [1.165, 1.54) is 12.7 Å². The van der Waals surface area contributed by atoms with E-state index in [0.29, 0.717) is 74.8 Å². The quantitative estimate of drug-likeness (QED) is 0.151. The molecule has 2 aromatic heterocycles.